The molecule has 0 unspecified atom stereocenters. The summed E-state index contributed by atoms with van der Waals surface area (Å²) in [6.07, 6.45) is 0.794. The van der Waals surface area contributed by atoms with Crippen LogP contribution in [0.3, 0.4) is 0 Å². The predicted octanol–water partition coefficient (Wildman–Crippen LogP) is 2.99. The van der Waals surface area contributed by atoms with Crippen molar-refractivity contribution < 1.29 is 32.3 Å². The summed E-state index contributed by atoms with van der Waals surface area (Å²) in [7, 11) is -4.26. The number of rotatable bonds is 10. The zero-order valence-electron chi connectivity index (χ0n) is 29.5. The van der Waals surface area contributed by atoms with Gasteiger partial charge >= 0.3 is 6.09 Å². The van der Waals surface area contributed by atoms with Crippen LogP contribution in [0.15, 0.2) is 78.2 Å². The van der Waals surface area contributed by atoms with E-state index in [4.69, 9.17) is 4.74 Å². The molecule has 3 aromatic rings. The number of hydrogen-bond acceptors (Lipinski definition) is 10. The maximum Gasteiger partial charge on any atom is 0.408 e. The molecule has 15 nitrogen and oxygen atoms in total. The highest BCUT2D eigenvalue weighted by molar-refractivity contribution is 7.90. The Morgan fingerprint density at radius 1 is 1.00 bits per heavy atom. The van der Waals surface area contributed by atoms with Crippen molar-refractivity contribution in [1.82, 2.24) is 40.5 Å². The number of nitrogens with one attached hydrogen (secondary N) is 3. The summed E-state index contributed by atoms with van der Waals surface area (Å²) in [6, 6.07) is 13.7. The van der Waals surface area contributed by atoms with Crippen LogP contribution in [-0.2, 0) is 29.1 Å². The minimum atomic E-state index is -4.26. The normalized spacial score (nSPS) is 22.4. The second-order valence-electron chi connectivity index (χ2n) is 14.9. The Labute approximate surface area is 297 Å². The van der Waals surface area contributed by atoms with Crippen LogP contribution in [0.2, 0.25) is 0 Å². The van der Waals surface area contributed by atoms with Gasteiger partial charge in [0.25, 0.3) is 15.9 Å². The average Bonchev–Trinajstić information content (AvgIpc) is 3.36. The first-order valence-corrected chi connectivity index (χ1v) is 18.0. The Bertz CT molecular complexity index is 1900. The smallest absolute Gasteiger partial charge is 0.408 e. The molecule has 0 spiro atoms. The molecule has 16 heteroatoms. The van der Waals surface area contributed by atoms with E-state index in [1.54, 1.807) is 47.6 Å². The lowest BCUT2D eigenvalue weighted by molar-refractivity contribution is -0.143. The molecule has 1 saturated carbocycles. The first kappa shape index (κ1) is 37.1. The molecule has 3 N–H and O–H groups in total. The third-order valence-corrected chi connectivity index (χ3v) is 10.1. The van der Waals surface area contributed by atoms with E-state index in [1.807, 2.05) is 30.3 Å². The number of amides is 4. The van der Waals surface area contributed by atoms with Gasteiger partial charge in [-0.15, -0.1) is 16.8 Å². The van der Waals surface area contributed by atoms with Crippen molar-refractivity contribution in [2.45, 2.75) is 88.5 Å². The van der Waals surface area contributed by atoms with E-state index in [9.17, 15) is 27.6 Å². The van der Waals surface area contributed by atoms with Crippen molar-refractivity contribution in [3.8, 4) is 11.4 Å². The highest BCUT2D eigenvalue weighted by atomic mass is 32.2. The van der Waals surface area contributed by atoms with Gasteiger partial charge in [-0.25, -0.2) is 17.9 Å². The van der Waals surface area contributed by atoms with Gasteiger partial charge in [0, 0.05) is 24.4 Å². The van der Waals surface area contributed by atoms with E-state index >= 15 is 0 Å². The van der Waals surface area contributed by atoms with E-state index in [2.05, 4.69) is 37.3 Å². The highest BCUT2D eigenvalue weighted by Gasteiger charge is 2.61. The fourth-order valence-corrected chi connectivity index (χ4v) is 7.06. The SMILES string of the molecule is C=C[C@@H]1C[C@]1(NC(=O)[C@@H]1C[C@@H](n2nnc(-c3ccccc3)n2)CN1C(=O)[C@@H](NC(=O)OC(C)(C)C)C(C)(C)C)C(=O)NS(=O)(=O)c1ccccc1. The van der Waals surface area contributed by atoms with Crippen molar-refractivity contribution in [1.29, 1.82) is 0 Å². The average molecular weight is 721 g/mol. The number of benzene rings is 2. The Morgan fingerprint density at radius 3 is 2.20 bits per heavy atom. The largest absolute Gasteiger partial charge is 0.444 e. The second-order valence-corrected chi connectivity index (χ2v) is 16.6. The number of carbonyl (C=O) groups excluding carboxylic acids is 4. The fourth-order valence-electron chi connectivity index (χ4n) is 6.00. The van der Waals surface area contributed by atoms with Crippen LogP contribution >= 0.6 is 0 Å². The van der Waals surface area contributed by atoms with Crippen molar-refractivity contribution in [3.63, 3.8) is 0 Å². The number of likely N-dealkylation sites (tertiary alicyclic amines) is 1. The van der Waals surface area contributed by atoms with Gasteiger partial charge in [0.2, 0.25) is 17.6 Å². The number of alkyl carbamates (subject to hydrolysis) is 1. The van der Waals surface area contributed by atoms with Crippen LogP contribution in [-0.4, -0.2) is 87.1 Å². The highest BCUT2D eigenvalue weighted by Crippen LogP contribution is 2.45. The molecule has 1 aliphatic heterocycles. The summed E-state index contributed by atoms with van der Waals surface area (Å²) in [5, 5.41) is 18.4. The molecule has 51 heavy (non-hydrogen) atoms. The van der Waals surface area contributed by atoms with E-state index in [0.29, 0.717) is 5.82 Å². The van der Waals surface area contributed by atoms with Gasteiger partial charge in [-0.2, -0.15) is 4.80 Å². The van der Waals surface area contributed by atoms with Gasteiger partial charge in [0.15, 0.2) is 0 Å². The molecule has 5 atom stereocenters. The lowest BCUT2D eigenvalue weighted by Crippen LogP contribution is -2.60. The first-order valence-electron chi connectivity index (χ1n) is 16.6. The van der Waals surface area contributed by atoms with E-state index in [1.165, 1.54) is 40.0 Å². The number of nitrogens with zero attached hydrogens (tertiary/aromatic N) is 5. The van der Waals surface area contributed by atoms with Gasteiger partial charge in [0.1, 0.15) is 23.2 Å². The Kier molecular flexibility index (Phi) is 10.1. The summed E-state index contributed by atoms with van der Waals surface area (Å²) < 4.78 is 33.6. The second kappa shape index (κ2) is 13.9. The molecule has 0 radical (unpaired) electrons. The molecule has 0 bridgehead atoms. The lowest BCUT2D eigenvalue weighted by Gasteiger charge is -2.36. The molecule has 272 valence electrons. The van der Waals surface area contributed by atoms with Gasteiger partial charge in [0.05, 0.1) is 10.9 Å². The summed E-state index contributed by atoms with van der Waals surface area (Å²) in [5.74, 6) is -2.42. The minimum Gasteiger partial charge on any atom is -0.444 e. The topological polar surface area (TPSA) is 195 Å². The van der Waals surface area contributed by atoms with Crippen LogP contribution < -0.4 is 15.4 Å². The maximum atomic E-state index is 14.4. The number of sulfonamides is 1. The molecule has 1 aromatic heterocycles. The van der Waals surface area contributed by atoms with Crippen LogP contribution in [0.4, 0.5) is 4.79 Å². The number of hydrogen-bond donors (Lipinski definition) is 3. The molecule has 5 rings (SSSR count). The van der Waals surface area contributed by atoms with Crippen molar-refractivity contribution >= 4 is 33.8 Å². The van der Waals surface area contributed by atoms with Crippen LogP contribution in [0.25, 0.3) is 11.4 Å². The zero-order valence-corrected chi connectivity index (χ0v) is 30.3. The molecular formula is C35H44N8O7S. The Morgan fingerprint density at radius 2 is 1.63 bits per heavy atom. The number of aromatic nitrogens is 4. The molecule has 1 saturated heterocycles. The van der Waals surface area contributed by atoms with Gasteiger partial charge < -0.3 is 20.3 Å². The van der Waals surface area contributed by atoms with Crippen LogP contribution in [0.5, 0.6) is 0 Å². The van der Waals surface area contributed by atoms with Crippen molar-refractivity contribution in [2.75, 3.05) is 6.54 Å². The molecule has 2 heterocycles. The van der Waals surface area contributed by atoms with Gasteiger partial charge in [-0.05, 0) is 50.0 Å². The van der Waals surface area contributed by atoms with Gasteiger partial charge in [-0.1, -0.05) is 75.4 Å². The number of carbonyl (C=O) groups is 4. The molecule has 4 amide bonds. The maximum absolute atomic E-state index is 14.4. The Balaban J connectivity index is 1.45. The molecule has 1 aliphatic carbocycles. The fraction of sp³-hybridized carbons (Fsp3) is 0.457. The van der Waals surface area contributed by atoms with Crippen LogP contribution in [0.1, 0.15) is 60.4 Å². The minimum absolute atomic E-state index is 0.0312. The molecule has 2 fully saturated rings. The number of ether oxygens (including phenoxy) is 1. The standard InChI is InChI=1S/C35H44N8O7S/c1-8-23-20-35(23,31(46)40-51(48,49)25-17-13-10-14-18-25)37-29(44)26-19-24(43-39-28(38-41-43)22-15-11-9-12-16-22)21-42(26)30(45)27(33(2,3)4)36-32(47)50-34(5,6)7/h8-18,23-24,26-27H,1,19-21H2,2-7H3,(H,36,47)(H,37,44)(H,40,46)/t23-,24-,26+,27-,35-/m1/s1. The van der Waals surface area contributed by atoms with Crippen molar-refractivity contribution in [3.05, 3.63) is 73.3 Å². The summed E-state index contributed by atoms with van der Waals surface area (Å²) in [4.78, 5) is 57.8. The zero-order chi connectivity index (χ0) is 37.4. The van der Waals surface area contributed by atoms with Gasteiger partial charge in [-0.3, -0.25) is 14.4 Å². The van der Waals surface area contributed by atoms with E-state index < -0.39 is 74.4 Å². The third kappa shape index (κ3) is 8.27. The lowest BCUT2D eigenvalue weighted by atomic mass is 9.85. The predicted molar refractivity (Wildman–Crippen MR) is 186 cm³/mol. The molecule has 2 aromatic carbocycles. The monoisotopic (exact) mass is 720 g/mol. The third-order valence-electron chi connectivity index (χ3n) is 8.76. The van der Waals surface area contributed by atoms with Crippen molar-refractivity contribution in [2.24, 2.45) is 11.3 Å². The summed E-state index contributed by atoms with van der Waals surface area (Å²) in [6.45, 7) is 14.1. The summed E-state index contributed by atoms with van der Waals surface area (Å²) in [5.41, 5.74) is -2.56. The van der Waals surface area contributed by atoms with E-state index in [0.717, 1.165) is 5.56 Å². The quantitative estimate of drug-likeness (QED) is 0.262. The molecule has 2 aliphatic rings. The summed E-state index contributed by atoms with van der Waals surface area (Å²) >= 11 is 0. The number of tetrazole rings is 1. The first-order chi connectivity index (χ1) is 23.8. The van der Waals surface area contributed by atoms with Crippen LogP contribution in [0, 0.1) is 11.3 Å². The Hall–Kier alpha value is -5.12. The van der Waals surface area contributed by atoms with E-state index in [-0.39, 0.29) is 24.3 Å². The molecular weight excluding hydrogens is 677 g/mol.